The van der Waals surface area contributed by atoms with E-state index < -0.39 is 5.97 Å². The van der Waals surface area contributed by atoms with Gasteiger partial charge in [-0.25, -0.2) is 4.79 Å². The third-order valence-electron chi connectivity index (χ3n) is 2.09. The first kappa shape index (κ1) is 11.5. The molecule has 82 valence electrons. The Morgan fingerprint density at radius 2 is 2.33 bits per heavy atom. The molecule has 1 rings (SSSR count). The number of rotatable bonds is 4. The molecule has 3 N–H and O–H groups in total. The van der Waals surface area contributed by atoms with Crippen LogP contribution in [0.25, 0.3) is 6.08 Å². The normalized spacial score (nSPS) is 11.1. The highest BCUT2D eigenvalue weighted by Crippen LogP contribution is 2.15. The van der Waals surface area contributed by atoms with Crippen molar-refractivity contribution in [3.8, 4) is 0 Å². The summed E-state index contributed by atoms with van der Waals surface area (Å²) in [5.74, 6) is -0.967. The van der Waals surface area contributed by atoms with E-state index in [1.54, 1.807) is 20.0 Å². The van der Waals surface area contributed by atoms with Gasteiger partial charge in [-0.05, 0) is 19.9 Å². The monoisotopic (exact) mass is 209 g/mol. The van der Waals surface area contributed by atoms with E-state index in [9.17, 15) is 4.79 Å². The van der Waals surface area contributed by atoms with Gasteiger partial charge in [0.1, 0.15) is 0 Å². The Labute approximate surface area is 88.2 Å². The first-order valence-electron chi connectivity index (χ1n) is 4.71. The van der Waals surface area contributed by atoms with Crippen molar-refractivity contribution in [2.75, 3.05) is 6.54 Å². The van der Waals surface area contributed by atoms with E-state index in [4.69, 9.17) is 10.8 Å². The second kappa shape index (κ2) is 4.75. The summed E-state index contributed by atoms with van der Waals surface area (Å²) in [5.41, 5.74) is 6.92. The molecule has 0 bridgehead atoms. The zero-order valence-corrected chi connectivity index (χ0v) is 8.90. The summed E-state index contributed by atoms with van der Waals surface area (Å²) in [6, 6.07) is 0. The van der Waals surface area contributed by atoms with Gasteiger partial charge in [0.15, 0.2) is 5.69 Å². The minimum Gasteiger partial charge on any atom is -0.477 e. The average molecular weight is 209 g/mol. The number of aryl methyl sites for hydroxylation is 2. The Balaban J connectivity index is 3.09. The first-order valence-corrected chi connectivity index (χ1v) is 4.71. The van der Waals surface area contributed by atoms with Gasteiger partial charge in [0, 0.05) is 12.6 Å². The van der Waals surface area contributed by atoms with Gasteiger partial charge in [-0.1, -0.05) is 12.2 Å². The van der Waals surface area contributed by atoms with E-state index in [1.165, 1.54) is 4.68 Å². The van der Waals surface area contributed by atoms with Crippen molar-refractivity contribution >= 4 is 12.0 Å². The predicted octanol–water partition coefficient (Wildman–Crippen LogP) is 0.789. The average Bonchev–Trinajstić information content (AvgIpc) is 2.42. The maximum absolute atomic E-state index is 11.0. The van der Waals surface area contributed by atoms with Gasteiger partial charge in [-0.15, -0.1) is 0 Å². The molecule has 15 heavy (non-hydrogen) atoms. The number of hydrogen-bond donors (Lipinski definition) is 2. The van der Waals surface area contributed by atoms with Gasteiger partial charge in [0.2, 0.25) is 0 Å². The van der Waals surface area contributed by atoms with E-state index in [1.807, 2.05) is 6.08 Å². The molecule has 5 nitrogen and oxygen atoms in total. The fourth-order valence-electron chi connectivity index (χ4n) is 1.43. The van der Waals surface area contributed by atoms with Crippen LogP contribution in [0.3, 0.4) is 0 Å². The molecule has 0 spiro atoms. The lowest BCUT2D eigenvalue weighted by molar-refractivity contribution is 0.0685. The van der Waals surface area contributed by atoms with Crippen LogP contribution in [0.5, 0.6) is 0 Å². The minimum atomic E-state index is -0.967. The van der Waals surface area contributed by atoms with Gasteiger partial charge in [-0.3, -0.25) is 4.68 Å². The number of carbonyl (C=O) groups is 1. The number of aromatic nitrogens is 2. The Morgan fingerprint density at radius 3 is 2.87 bits per heavy atom. The summed E-state index contributed by atoms with van der Waals surface area (Å²) >= 11 is 0. The van der Waals surface area contributed by atoms with Crippen molar-refractivity contribution in [1.82, 2.24) is 9.78 Å². The van der Waals surface area contributed by atoms with Gasteiger partial charge < -0.3 is 10.8 Å². The number of nitrogens with zero attached hydrogens (tertiary/aromatic N) is 2. The molecule has 0 aliphatic heterocycles. The second-order valence-electron chi connectivity index (χ2n) is 3.26. The predicted molar refractivity (Wildman–Crippen MR) is 57.6 cm³/mol. The van der Waals surface area contributed by atoms with Crippen molar-refractivity contribution in [3.05, 3.63) is 23.0 Å². The van der Waals surface area contributed by atoms with Crippen LogP contribution in [0.2, 0.25) is 0 Å². The van der Waals surface area contributed by atoms with Crippen LogP contribution in [-0.2, 0) is 7.05 Å². The lowest BCUT2D eigenvalue weighted by Gasteiger charge is -1.96. The van der Waals surface area contributed by atoms with Crippen LogP contribution in [0.15, 0.2) is 6.08 Å². The fraction of sp³-hybridized carbons (Fsp3) is 0.400. The minimum absolute atomic E-state index is 0.209. The van der Waals surface area contributed by atoms with Crippen LogP contribution in [-0.4, -0.2) is 27.4 Å². The molecule has 5 heteroatoms. The number of carboxylic acids is 1. The number of carboxylic acid groups (broad SMARTS) is 1. The Morgan fingerprint density at radius 1 is 1.67 bits per heavy atom. The van der Waals surface area contributed by atoms with Crippen LogP contribution in [0.4, 0.5) is 0 Å². The lowest BCUT2D eigenvalue weighted by Crippen LogP contribution is -2.06. The highest BCUT2D eigenvalue weighted by molar-refractivity contribution is 5.90. The maximum Gasteiger partial charge on any atom is 0.354 e. The molecular weight excluding hydrogens is 194 g/mol. The lowest BCUT2D eigenvalue weighted by atomic mass is 10.1. The van der Waals surface area contributed by atoms with Gasteiger partial charge in [0.05, 0.1) is 5.69 Å². The summed E-state index contributed by atoms with van der Waals surface area (Å²) in [5, 5.41) is 13.1. The van der Waals surface area contributed by atoms with Crippen LogP contribution < -0.4 is 5.73 Å². The number of nitrogens with two attached hydrogens (primary N) is 1. The smallest absolute Gasteiger partial charge is 0.354 e. The summed E-state index contributed by atoms with van der Waals surface area (Å²) < 4.78 is 1.37. The van der Waals surface area contributed by atoms with Gasteiger partial charge in [-0.2, -0.15) is 5.10 Å². The molecule has 0 radical (unpaired) electrons. The molecule has 1 aromatic rings. The summed E-state index contributed by atoms with van der Waals surface area (Å²) in [6.45, 7) is 2.34. The second-order valence-corrected chi connectivity index (χ2v) is 3.26. The SMILES string of the molecule is Cc1nn(C)c(C(=O)O)c1C=CCCN. The van der Waals surface area contributed by atoms with Crippen molar-refractivity contribution in [2.24, 2.45) is 12.8 Å². The van der Waals surface area contributed by atoms with E-state index >= 15 is 0 Å². The van der Waals surface area contributed by atoms with Crippen molar-refractivity contribution < 1.29 is 9.90 Å². The third-order valence-corrected chi connectivity index (χ3v) is 2.09. The highest BCUT2D eigenvalue weighted by atomic mass is 16.4. The third kappa shape index (κ3) is 2.44. The zero-order valence-electron chi connectivity index (χ0n) is 8.90. The largest absolute Gasteiger partial charge is 0.477 e. The Kier molecular flexibility index (Phi) is 3.62. The summed E-state index contributed by atoms with van der Waals surface area (Å²) in [6.07, 6.45) is 4.35. The van der Waals surface area contributed by atoms with E-state index in [0.29, 0.717) is 17.8 Å². The topological polar surface area (TPSA) is 81.1 Å². The molecule has 0 aliphatic carbocycles. The van der Waals surface area contributed by atoms with Gasteiger partial charge in [0.25, 0.3) is 0 Å². The molecule has 0 aromatic carbocycles. The maximum atomic E-state index is 11.0. The molecule has 0 unspecified atom stereocenters. The zero-order chi connectivity index (χ0) is 11.4. The van der Waals surface area contributed by atoms with Crippen molar-refractivity contribution in [1.29, 1.82) is 0 Å². The van der Waals surface area contributed by atoms with E-state index in [0.717, 1.165) is 6.42 Å². The molecule has 0 saturated heterocycles. The molecule has 0 fully saturated rings. The summed E-state index contributed by atoms with van der Waals surface area (Å²) in [7, 11) is 1.62. The van der Waals surface area contributed by atoms with Crippen molar-refractivity contribution in [2.45, 2.75) is 13.3 Å². The number of aromatic carboxylic acids is 1. The Bertz CT molecular complexity index is 394. The quantitative estimate of drug-likeness (QED) is 0.768. The molecule has 1 heterocycles. The van der Waals surface area contributed by atoms with E-state index in [-0.39, 0.29) is 5.69 Å². The van der Waals surface area contributed by atoms with E-state index in [2.05, 4.69) is 5.10 Å². The van der Waals surface area contributed by atoms with Crippen LogP contribution in [0, 0.1) is 6.92 Å². The van der Waals surface area contributed by atoms with Crippen LogP contribution >= 0.6 is 0 Å². The number of hydrogen-bond acceptors (Lipinski definition) is 3. The molecule has 1 aromatic heterocycles. The fourth-order valence-corrected chi connectivity index (χ4v) is 1.43. The summed E-state index contributed by atoms with van der Waals surface area (Å²) in [4.78, 5) is 11.0. The Hall–Kier alpha value is -1.62. The van der Waals surface area contributed by atoms with Gasteiger partial charge >= 0.3 is 5.97 Å². The molecule has 0 aliphatic rings. The molecule has 0 amide bonds. The van der Waals surface area contributed by atoms with Crippen molar-refractivity contribution in [3.63, 3.8) is 0 Å². The molecule has 0 saturated carbocycles. The highest BCUT2D eigenvalue weighted by Gasteiger charge is 2.16. The van der Waals surface area contributed by atoms with Crippen LogP contribution in [0.1, 0.15) is 28.2 Å². The first-order chi connectivity index (χ1) is 7.07. The molecule has 0 atom stereocenters. The molecular formula is C10H15N3O2. The standard InChI is InChI=1S/C10H15N3O2/c1-7-8(5-3-4-6-11)9(10(14)15)13(2)12-7/h3,5H,4,6,11H2,1-2H3,(H,14,15).